The van der Waals surface area contributed by atoms with Gasteiger partial charge in [0.25, 0.3) is 0 Å². The molecule has 114 valence electrons. The molecule has 24 heavy (non-hydrogen) atoms. The van der Waals surface area contributed by atoms with Crippen LogP contribution in [-0.2, 0) is 0 Å². The summed E-state index contributed by atoms with van der Waals surface area (Å²) in [5.74, 6) is 2.30. The summed E-state index contributed by atoms with van der Waals surface area (Å²) in [6.45, 7) is 0. The number of fused-ring (bicyclic) bond motifs is 2. The third kappa shape index (κ3) is 1.99. The van der Waals surface area contributed by atoms with E-state index in [0.717, 1.165) is 39.2 Å². The van der Waals surface area contributed by atoms with Crippen molar-refractivity contribution in [3.8, 4) is 34.1 Å². The van der Waals surface area contributed by atoms with Crippen molar-refractivity contribution in [1.29, 1.82) is 0 Å². The van der Waals surface area contributed by atoms with E-state index in [1.165, 1.54) is 0 Å². The van der Waals surface area contributed by atoms with Gasteiger partial charge >= 0.3 is 0 Å². The molecular formula is C20H11ClN2O. The minimum atomic E-state index is 0.683. The molecule has 3 aromatic carbocycles. The van der Waals surface area contributed by atoms with E-state index >= 15 is 0 Å². The second-order valence-electron chi connectivity index (χ2n) is 5.65. The molecule has 4 aromatic rings. The van der Waals surface area contributed by atoms with Crippen molar-refractivity contribution in [1.82, 2.24) is 9.97 Å². The molecule has 3 nitrogen and oxygen atoms in total. The summed E-state index contributed by atoms with van der Waals surface area (Å²) in [4.78, 5) is 9.56. The smallest absolute Gasteiger partial charge is 0.160 e. The molecule has 0 radical (unpaired) electrons. The molecule has 0 saturated heterocycles. The summed E-state index contributed by atoms with van der Waals surface area (Å²) in [5.41, 5.74) is 3.70. The summed E-state index contributed by atoms with van der Waals surface area (Å²) in [6.07, 6.45) is 0. The molecule has 0 spiro atoms. The highest BCUT2D eigenvalue weighted by Gasteiger charge is 2.22. The van der Waals surface area contributed by atoms with E-state index < -0.39 is 0 Å². The molecule has 0 saturated carbocycles. The molecule has 0 unspecified atom stereocenters. The van der Waals surface area contributed by atoms with E-state index in [1.54, 1.807) is 0 Å². The minimum absolute atomic E-state index is 0.683. The van der Waals surface area contributed by atoms with Crippen molar-refractivity contribution < 1.29 is 4.74 Å². The van der Waals surface area contributed by atoms with Crippen LogP contribution in [0.25, 0.3) is 33.5 Å². The first-order chi connectivity index (χ1) is 11.8. The maximum Gasteiger partial charge on any atom is 0.160 e. The molecular weight excluding hydrogens is 320 g/mol. The number of hydrogen-bond acceptors (Lipinski definition) is 3. The standard InChI is InChI=1S/C20H11ClN2O/c21-13-10-8-12(9-11-13)20-22-15-5-3-7-17-18(15)19(23-20)14-4-1-2-6-16(14)24-17/h1-11H. The van der Waals surface area contributed by atoms with Crippen molar-refractivity contribution in [2.75, 3.05) is 0 Å². The number of para-hydroxylation sites is 1. The van der Waals surface area contributed by atoms with Gasteiger partial charge in [0.05, 0.1) is 16.6 Å². The summed E-state index contributed by atoms with van der Waals surface area (Å²) in [6, 6.07) is 21.4. The lowest BCUT2D eigenvalue weighted by atomic mass is 10.0. The molecule has 1 aliphatic rings. The zero-order valence-corrected chi connectivity index (χ0v) is 13.3. The number of halogens is 1. The number of ether oxygens (including phenoxy) is 1. The van der Waals surface area contributed by atoms with Crippen LogP contribution in [0, 0.1) is 0 Å². The van der Waals surface area contributed by atoms with Crippen molar-refractivity contribution in [2.45, 2.75) is 0 Å². The van der Waals surface area contributed by atoms with Crippen LogP contribution in [0.5, 0.6) is 11.5 Å². The lowest BCUT2D eigenvalue weighted by Gasteiger charge is -2.20. The number of benzene rings is 3. The van der Waals surface area contributed by atoms with E-state index in [4.69, 9.17) is 26.3 Å². The summed E-state index contributed by atoms with van der Waals surface area (Å²) < 4.78 is 6.01. The topological polar surface area (TPSA) is 35.0 Å². The normalized spacial score (nSPS) is 11.9. The van der Waals surface area contributed by atoms with Crippen molar-refractivity contribution in [3.63, 3.8) is 0 Å². The van der Waals surface area contributed by atoms with Crippen molar-refractivity contribution >= 4 is 22.5 Å². The zero-order chi connectivity index (χ0) is 16.1. The minimum Gasteiger partial charge on any atom is -0.456 e. The van der Waals surface area contributed by atoms with Crippen LogP contribution in [-0.4, -0.2) is 9.97 Å². The Bertz CT molecular complexity index is 1090. The zero-order valence-electron chi connectivity index (χ0n) is 12.5. The molecule has 5 rings (SSSR count). The molecule has 1 aromatic heterocycles. The highest BCUT2D eigenvalue weighted by Crippen LogP contribution is 2.45. The fraction of sp³-hybridized carbons (Fsp3) is 0. The molecule has 1 aliphatic heterocycles. The lowest BCUT2D eigenvalue weighted by Crippen LogP contribution is -2.02. The summed E-state index contributed by atoms with van der Waals surface area (Å²) in [7, 11) is 0. The molecule has 2 heterocycles. The quantitative estimate of drug-likeness (QED) is 0.394. The maximum atomic E-state index is 6.01. The number of rotatable bonds is 1. The van der Waals surface area contributed by atoms with Crippen LogP contribution < -0.4 is 4.74 Å². The van der Waals surface area contributed by atoms with Crippen LogP contribution in [0.4, 0.5) is 0 Å². The highest BCUT2D eigenvalue weighted by atomic mass is 35.5. The van der Waals surface area contributed by atoms with E-state index in [-0.39, 0.29) is 0 Å². The Morgan fingerprint density at radius 3 is 2.42 bits per heavy atom. The third-order valence-electron chi connectivity index (χ3n) is 4.15. The largest absolute Gasteiger partial charge is 0.456 e. The Hall–Kier alpha value is -2.91. The fourth-order valence-electron chi connectivity index (χ4n) is 3.03. The van der Waals surface area contributed by atoms with E-state index in [9.17, 15) is 0 Å². The maximum absolute atomic E-state index is 6.01. The predicted molar refractivity (Wildman–Crippen MR) is 95.5 cm³/mol. The van der Waals surface area contributed by atoms with Crippen LogP contribution >= 0.6 is 11.6 Å². The lowest BCUT2D eigenvalue weighted by molar-refractivity contribution is 0.486. The van der Waals surface area contributed by atoms with Gasteiger partial charge in [-0.2, -0.15) is 0 Å². The predicted octanol–water partition coefficient (Wildman–Crippen LogP) is 5.72. The van der Waals surface area contributed by atoms with Gasteiger partial charge < -0.3 is 4.74 Å². The van der Waals surface area contributed by atoms with E-state index in [0.29, 0.717) is 10.8 Å². The fourth-order valence-corrected chi connectivity index (χ4v) is 3.16. The average molecular weight is 331 g/mol. The molecule has 0 bridgehead atoms. The second-order valence-corrected chi connectivity index (χ2v) is 6.09. The Kier molecular flexibility index (Phi) is 2.84. The molecule has 0 aliphatic carbocycles. The summed E-state index contributed by atoms with van der Waals surface area (Å²) in [5, 5.41) is 1.65. The van der Waals surface area contributed by atoms with Gasteiger partial charge in [0.1, 0.15) is 11.5 Å². The molecule has 0 N–H and O–H groups in total. The van der Waals surface area contributed by atoms with Gasteiger partial charge in [-0.1, -0.05) is 29.8 Å². The van der Waals surface area contributed by atoms with Crippen molar-refractivity contribution in [2.24, 2.45) is 0 Å². The Morgan fingerprint density at radius 1 is 0.750 bits per heavy atom. The number of aromatic nitrogens is 2. The second kappa shape index (κ2) is 5.05. The van der Waals surface area contributed by atoms with Gasteiger partial charge in [0.15, 0.2) is 5.82 Å². The van der Waals surface area contributed by atoms with E-state index in [1.807, 2.05) is 66.7 Å². The average Bonchev–Trinajstić information content (AvgIpc) is 2.62. The Morgan fingerprint density at radius 2 is 1.54 bits per heavy atom. The molecule has 0 atom stereocenters. The molecule has 0 amide bonds. The molecule has 0 fully saturated rings. The highest BCUT2D eigenvalue weighted by molar-refractivity contribution is 6.30. The number of hydrogen-bond donors (Lipinski definition) is 0. The van der Waals surface area contributed by atoms with Crippen LogP contribution in [0.3, 0.4) is 0 Å². The Labute approximate surface area is 143 Å². The van der Waals surface area contributed by atoms with Gasteiger partial charge in [-0.05, 0) is 48.5 Å². The molecule has 4 heteroatoms. The first-order valence-electron chi connectivity index (χ1n) is 7.63. The van der Waals surface area contributed by atoms with Gasteiger partial charge in [-0.25, -0.2) is 9.97 Å². The first-order valence-corrected chi connectivity index (χ1v) is 8.01. The van der Waals surface area contributed by atoms with Crippen LogP contribution in [0.2, 0.25) is 5.02 Å². The van der Waals surface area contributed by atoms with Crippen molar-refractivity contribution in [3.05, 3.63) is 71.8 Å². The van der Waals surface area contributed by atoms with E-state index in [2.05, 4.69) is 0 Å². The van der Waals surface area contributed by atoms with Gasteiger partial charge in [-0.15, -0.1) is 0 Å². The Balaban J connectivity index is 1.85. The summed E-state index contributed by atoms with van der Waals surface area (Å²) >= 11 is 5.99. The third-order valence-corrected chi connectivity index (χ3v) is 4.40. The van der Waals surface area contributed by atoms with Gasteiger partial charge in [0, 0.05) is 16.1 Å². The van der Waals surface area contributed by atoms with Gasteiger partial charge in [0.2, 0.25) is 0 Å². The first kappa shape index (κ1) is 13.5. The SMILES string of the molecule is Clc1ccc(-c2nc3c4c(cccc4n2)Oc2ccccc2-3)cc1. The number of nitrogens with zero attached hydrogens (tertiary/aromatic N) is 2. The van der Waals surface area contributed by atoms with Crippen LogP contribution in [0.1, 0.15) is 0 Å². The van der Waals surface area contributed by atoms with Crippen LogP contribution in [0.15, 0.2) is 66.7 Å². The monoisotopic (exact) mass is 330 g/mol. The van der Waals surface area contributed by atoms with Gasteiger partial charge in [-0.3, -0.25) is 0 Å².